The minimum Gasteiger partial charge on any atom is -0.314 e. The lowest BCUT2D eigenvalue weighted by atomic mass is 10.4. The molecule has 0 spiro atoms. The van der Waals surface area contributed by atoms with Crippen LogP contribution < -0.4 is 10.6 Å². The van der Waals surface area contributed by atoms with E-state index in [-0.39, 0.29) is 9.90 Å². The summed E-state index contributed by atoms with van der Waals surface area (Å²) in [6.45, 7) is 4.56. The maximum Gasteiger partial charge on any atom is 0.00772 e. The van der Waals surface area contributed by atoms with E-state index < -0.39 is 0 Å². The van der Waals surface area contributed by atoms with Crippen LogP contribution in [0.4, 0.5) is 0 Å². The molecule has 1 aliphatic heterocycles. The Morgan fingerprint density at radius 2 is 1.00 bits per heavy atom. The van der Waals surface area contributed by atoms with Gasteiger partial charge in [-0.3, -0.25) is 0 Å². The molecule has 7 heavy (non-hydrogen) atoms. The third kappa shape index (κ3) is 2.98. The predicted octanol–water partition coefficient (Wildman–Crippen LogP) is -0.763. The molecule has 1 rings (SSSR count). The van der Waals surface area contributed by atoms with E-state index in [1.54, 1.807) is 0 Å². The SMILES string of the molecule is C1CNCCN1.P. The Morgan fingerprint density at radius 1 is 0.714 bits per heavy atom. The molecule has 44 valence electrons. The van der Waals surface area contributed by atoms with E-state index in [4.69, 9.17) is 0 Å². The van der Waals surface area contributed by atoms with Crippen LogP contribution in [0, 0.1) is 0 Å². The predicted molar refractivity (Wildman–Crippen MR) is 36.8 cm³/mol. The van der Waals surface area contributed by atoms with Crippen LogP contribution in [-0.2, 0) is 0 Å². The van der Waals surface area contributed by atoms with Gasteiger partial charge in [-0.05, 0) is 0 Å². The second-order valence-corrected chi connectivity index (χ2v) is 1.50. The number of rotatable bonds is 0. The lowest BCUT2D eigenvalue weighted by Crippen LogP contribution is -2.39. The molecule has 0 radical (unpaired) electrons. The van der Waals surface area contributed by atoms with Gasteiger partial charge in [-0.15, -0.1) is 0 Å². The van der Waals surface area contributed by atoms with Gasteiger partial charge in [0.05, 0.1) is 0 Å². The Morgan fingerprint density at radius 3 is 1.14 bits per heavy atom. The summed E-state index contributed by atoms with van der Waals surface area (Å²) in [6, 6.07) is 0. The molecule has 0 aliphatic carbocycles. The zero-order chi connectivity index (χ0) is 4.24. The van der Waals surface area contributed by atoms with Crippen molar-refractivity contribution in [1.29, 1.82) is 0 Å². The molecule has 0 aromatic rings. The van der Waals surface area contributed by atoms with Crippen molar-refractivity contribution in [3.8, 4) is 0 Å². The summed E-state index contributed by atoms with van der Waals surface area (Å²) in [7, 11) is 0. The van der Waals surface area contributed by atoms with Gasteiger partial charge < -0.3 is 10.6 Å². The van der Waals surface area contributed by atoms with E-state index in [9.17, 15) is 0 Å². The summed E-state index contributed by atoms with van der Waals surface area (Å²) in [4.78, 5) is 0. The molecular formula is C4H13N2P. The molecule has 1 atom stereocenters. The average molecular weight is 120 g/mol. The van der Waals surface area contributed by atoms with Gasteiger partial charge in [-0.25, -0.2) is 0 Å². The summed E-state index contributed by atoms with van der Waals surface area (Å²) in [5.41, 5.74) is 0. The first-order valence-corrected chi connectivity index (χ1v) is 2.41. The number of piperazine rings is 1. The molecule has 1 saturated heterocycles. The molecule has 1 heterocycles. The van der Waals surface area contributed by atoms with Gasteiger partial charge in [0, 0.05) is 26.2 Å². The van der Waals surface area contributed by atoms with E-state index in [2.05, 4.69) is 10.6 Å². The molecule has 0 aromatic carbocycles. The zero-order valence-electron chi connectivity index (χ0n) is 4.54. The van der Waals surface area contributed by atoms with Crippen LogP contribution in [0.2, 0.25) is 0 Å². The van der Waals surface area contributed by atoms with Crippen molar-refractivity contribution in [2.75, 3.05) is 26.2 Å². The average Bonchev–Trinajstić information content (AvgIpc) is 1.72. The largest absolute Gasteiger partial charge is 0.314 e. The highest BCUT2D eigenvalue weighted by Gasteiger charge is 1.91. The smallest absolute Gasteiger partial charge is 0.00772 e. The highest BCUT2D eigenvalue weighted by molar-refractivity contribution is 6.92. The van der Waals surface area contributed by atoms with E-state index in [1.807, 2.05) is 0 Å². The molecule has 0 amide bonds. The van der Waals surface area contributed by atoms with Gasteiger partial charge in [0.1, 0.15) is 0 Å². The summed E-state index contributed by atoms with van der Waals surface area (Å²) >= 11 is 0. The maximum absolute atomic E-state index is 3.22. The van der Waals surface area contributed by atoms with Gasteiger partial charge >= 0.3 is 0 Å². The van der Waals surface area contributed by atoms with Crippen LogP contribution in [0.15, 0.2) is 0 Å². The van der Waals surface area contributed by atoms with Gasteiger partial charge in [0.2, 0.25) is 0 Å². The lowest BCUT2D eigenvalue weighted by Gasteiger charge is -2.11. The Labute approximate surface area is 47.7 Å². The van der Waals surface area contributed by atoms with Crippen LogP contribution in [0.1, 0.15) is 0 Å². The van der Waals surface area contributed by atoms with Crippen molar-refractivity contribution in [2.24, 2.45) is 0 Å². The topological polar surface area (TPSA) is 24.1 Å². The molecule has 0 aromatic heterocycles. The van der Waals surface area contributed by atoms with Crippen molar-refractivity contribution in [3.05, 3.63) is 0 Å². The summed E-state index contributed by atoms with van der Waals surface area (Å²) in [5, 5.41) is 6.44. The first-order valence-electron chi connectivity index (χ1n) is 2.41. The minimum atomic E-state index is 0. The molecule has 1 aliphatic rings. The standard InChI is InChI=1S/C4H10N2.H3P/c1-2-6-4-3-5-1;/h5-6H,1-4H2;1H3. The first-order chi connectivity index (χ1) is 3.00. The quantitative estimate of drug-likeness (QED) is 0.410. The Bertz CT molecular complexity index is 25.2. The van der Waals surface area contributed by atoms with E-state index in [1.165, 1.54) is 0 Å². The summed E-state index contributed by atoms with van der Waals surface area (Å²) in [6.07, 6.45) is 0. The van der Waals surface area contributed by atoms with Crippen LogP contribution in [-0.4, -0.2) is 26.2 Å². The summed E-state index contributed by atoms with van der Waals surface area (Å²) < 4.78 is 0. The van der Waals surface area contributed by atoms with Gasteiger partial charge in [-0.2, -0.15) is 9.90 Å². The first kappa shape index (κ1) is 7.35. The highest BCUT2D eigenvalue weighted by atomic mass is 31.0. The molecule has 3 heteroatoms. The Hall–Kier alpha value is 0.350. The van der Waals surface area contributed by atoms with Gasteiger partial charge in [0.25, 0.3) is 0 Å². The monoisotopic (exact) mass is 120 g/mol. The van der Waals surface area contributed by atoms with E-state index in [0.29, 0.717) is 0 Å². The van der Waals surface area contributed by atoms with E-state index >= 15 is 0 Å². The maximum atomic E-state index is 3.22. The van der Waals surface area contributed by atoms with Crippen molar-refractivity contribution in [1.82, 2.24) is 10.6 Å². The van der Waals surface area contributed by atoms with Crippen molar-refractivity contribution in [2.45, 2.75) is 0 Å². The number of nitrogens with one attached hydrogen (secondary N) is 2. The third-order valence-corrected chi connectivity index (χ3v) is 0.957. The highest BCUT2D eigenvalue weighted by Crippen LogP contribution is 1.65. The molecule has 1 unspecified atom stereocenters. The van der Waals surface area contributed by atoms with Crippen LogP contribution in [0.25, 0.3) is 0 Å². The van der Waals surface area contributed by atoms with Gasteiger partial charge in [0.15, 0.2) is 0 Å². The van der Waals surface area contributed by atoms with Crippen LogP contribution >= 0.6 is 9.90 Å². The van der Waals surface area contributed by atoms with Crippen molar-refractivity contribution < 1.29 is 0 Å². The zero-order valence-corrected chi connectivity index (χ0v) is 5.95. The fraction of sp³-hybridized carbons (Fsp3) is 1.00. The van der Waals surface area contributed by atoms with Crippen molar-refractivity contribution >= 4 is 9.90 Å². The van der Waals surface area contributed by atoms with Gasteiger partial charge in [-0.1, -0.05) is 0 Å². The van der Waals surface area contributed by atoms with Crippen molar-refractivity contribution in [3.63, 3.8) is 0 Å². The third-order valence-electron chi connectivity index (χ3n) is 0.957. The number of hydrogen-bond donors (Lipinski definition) is 2. The fourth-order valence-corrected chi connectivity index (χ4v) is 0.604. The second kappa shape index (κ2) is 4.51. The van der Waals surface area contributed by atoms with Crippen LogP contribution in [0.3, 0.4) is 0 Å². The molecule has 2 N–H and O–H groups in total. The second-order valence-electron chi connectivity index (χ2n) is 1.50. The Kier molecular flexibility index (Phi) is 4.73. The molecular weight excluding hydrogens is 107 g/mol. The minimum absolute atomic E-state index is 0. The molecule has 0 saturated carbocycles. The lowest BCUT2D eigenvalue weighted by molar-refractivity contribution is 0.534. The molecule has 0 bridgehead atoms. The molecule has 2 nitrogen and oxygen atoms in total. The Balaban J connectivity index is 0.000000360. The van der Waals surface area contributed by atoms with E-state index in [0.717, 1.165) is 26.2 Å². The van der Waals surface area contributed by atoms with Crippen LogP contribution in [0.5, 0.6) is 0 Å². The number of hydrogen-bond acceptors (Lipinski definition) is 2. The molecule has 1 fully saturated rings. The fourth-order valence-electron chi connectivity index (χ4n) is 0.604. The normalized spacial score (nSPS) is 20.6. The summed E-state index contributed by atoms with van der Waals surface area (Å²) in [5.74, 6) is 0.